The molecule has 1 atom stereocenters. The maximum Gasteiger partial charge on any atom is 0.239 e. The number of benzene rings is 1. The van der Waals surface area contributed by atoms with E-state index >= 15 is 0 Å². The molecule has 2 aliphatic rings. The molecule has 0 aromatic heterocycles. The van der Waals surface area contributed by atoms with Crippen molar-refractivity contribution in [3.8, 4) is 0 Å². The Morgan fingerprint density at radius 3 is 2.80 bits per heavy atom. The Morgan fingerprint density at radius 1 is 1.32 bits per heavy atom. The second kappa shape index (κ2) is 8.17. The average Bonchev–Trinajstić information content (AvgIpc) is 3.00. The largest absolute Gasteiger partial charge is 0.379 e. The van der Waals surface area contributed by atoms with Crippen LogP contribution >= 0.6 is 11.6 Å². The number of rotatable bonds is 5. The number of hydrogen-bond donors (Lipinski definition) is 1. The van der Waals surface area contributed by atoms with Crippen LogP contribution in [0.15, 0.2) is 18.2 Å². The first-order chi connectivity index (χ1) is 12.1. The third-order valence-corrected chi connectivity index (χ3v) is 5.23. The van der Waals surface area contributed by atoms with Crippen LogP contribution in [0.5, 0.6) is 0 Å². The molecule has 1 unspecified atom stereocenters. The molecule has 0 spiro atoms. The summed E-state index contributed by atoms with van der Waals surface area (Å²) >= 11 is 6.15. The average molecular weight is 366 g/mol. The Hall–Kier alpha value is -1.63. The maximum absolute atomic E-state index is 12.6. The van der Waals surface area contributed by atoms with Crippen LogP contribution in [0.4, 0.5) is 5.69 Å². The van der Waals surface area contributed by atoms with Crippen molar-refractivity contribution >= 4 is 29.1 Å². The van der Waals surface area contributed by atoms with Gasteiger partial charge in [-0.2, -0.15) is 0 Å². The molecule has 136 valence electrons. The van der Waals surface area contributed by atoms with E-state index in [1.54, 1.807) is 11.0 Å². The Bertz CT molecular complexity index is 646. The molecular formula is C18H24ClN3O3. The van der Waals surface area contributed by atoms with Gasteiger partial charge in [-0.3, -0.25) is 14.5 Å². The molecule has 1 aromatic rings. The second-order valence-corrected chi connectivity index (χ2v) is 6.92. The van der Waals surface area contributed by atoms with Crippen molar-refractivity contribution in [1.82, 2.24) is 10.2 Å². The molecule has 1 aromatic carbocycles. The summed E-state index contributed by atoms with van der Waals surface area (Å²) in [5.74, 6) is -0.937. The van der Waals surface area contributed by atoms with Crippen LogP contribution in [0.2, 0.25) is 5.02 Å². The lowest BCUT2D eigenvalue weighted by Gasteiger charge is -2.26. The molecule has 2 fully saturated rings. The molecule has 7 heteroatoms. The van der Waals surface area contributed by atoms with Crippen LogP contribution < -0.4 is 10.2 Å². The number of halogens is 1. The van der Waals surface area contributed by atoms with E-state index in [1.165, 1.54) is 0 Å². The normalized spacial score (nSPS) is 21.6. The highest BCUT2D eigenvalue weighted by Gasteiger charge is 2.37. The highest BCUT2D eigenvalue weighted by atomic mass is 35.5. The van der Waals surface area contributed by atoms with Gasteiger partial charge in [-0.25, -0.2) is 0 Å². The molecule has 2 amide bonds. The van der Waals surface area contributed by atoms with Crippen molar-refractivity contribution in [2.45, 2.75) is 13.3 Å². The van der Waals surface area contributed by atoms with Gasteiger partial charge in [0, 0.05) is 43.4 Å². The SMILES string of the molecule is Cc1ccc(N2CCC(C(=O)NCCN3CCOCC3)C2=O)cc1Cl. The molecule has 0 radical (unpaired) electrons. The van der Waals surface area contributed by atoms with Crippen molar-refractivity contribution in [2.75, 3.05) is 50.8 Å². The summed E-state index contributed by atoms with van der Waals surface area (Å²) in [5.41, 5.74) is 1.72. The third-order valence-electron chi connectivity index (χ3n) is 4.82. The molecular weight excluding hydrogens is 342 g/mol. The summed E-state index contributed by atoms with van der Waals surface area (Å²) in [6.45, 7) is 7.06. The second-order valence-electron chi connectivity index (χ2n) is 6.51. The van der Waals surface area contributed by atoms with Gasteiger partial charge in [0.25, 0.3) is 0 Å². The number of nitrogens with one attached hydrogen (secondary N) is 1. The molecule has 3 rings (SSSR count). The van der Waals surface area contributed by atoms with Gasteiger partial charge in [-0.05, 0) is 31.0 Å². The van der Waals surface area contributed by atoms with E-state index in [9.17, 15) is 9.59 Å². The number of anilines is 1. The lowest BCUT2D eigenvalue weighted by molar-refractivity contribution is -0.132. The summed E-state index contributed by atoms with van der Waals surface area (Å²) in [7, 11) is 0. The standard InChI is InChI=1S/C18H24ClN3O3/c1-13-2-3-14(12-16(13)19)22-6-4-15(18(22)24)17(23)20-5-7-21-8-10-25-11-9-21/h2-3,12,15H,4-11H2,1H3,(H,20,23). The fourth-order valence-electron chi connectivity index (χ4n) is 3.21. The van der Waals surface area contributed by atoms with E-state index in [0.29, 0.717) is 24.5 Å². The number of amides is 2. The Kier molecular flexibility index (Phi) is 5.93. The zero-order chi connectivity index (χ0) is 17.8. The zero-order valence-electron chi connectivity index (χ0n) is 14.5. The van der Waals surface area contributed by atoms with E-state index in [-0.39, 0.29) is 11.8 Å². The van der Waals surface area contributed by atoms with Gasteiger partial charge in [-0.1, -0.05) is 17.7 Å². The number of ether oxygens (including phenoxy) is 1. The number of carbonyl (C=O) groups excluding carboxylic acids is 2. The first-order valence-electron chi connectivity index (χ1n) is 8.71. The predicted octanol–water partition coefficient (Wildman–Crippen LogP) is 1.45. The van der Waals surface area contributed by atoms with Crippen molar-refractivity contribution in [3.63, 3.8) is 0 Å². The molecule has 6 nitrogen and oxygen atoms in total. The minimum absolute atomic E-state index is 0.149. The minimum atomic E-state index is -0.607. The van der Waals surface area contributed by atoms with Crippen molar-refractivity contribution in [3.05, 3.63) is 28.8 Å². The summed E-state index contributed by atoms with van der Waals surface area (Å²) < 4.78 is 5.30. The van der Waals surface area contributed by atoms with Gasteiger partial charge < -0.3 is 15.0 Å². The van der Waals surface area contributed by atoms with E-state index in [1.807, 2.05) is 19.1 Å². The minimum Gasteiger partial charge on any atom is -0.379 e. The van der Waals surface area contributed by atoms with E-state index in [4.69, 9.17) is 16.3 Å². The quantitative estimate of drug-likeness (QED) is 0.802. The molecule has 2 saturated heterocycles. The van der Waals surface area contributed by atoms with Gasteiger partial charge in [-0.15, -0.1) is 0 Å². The van der Waals surface area contributed by atoms with Gasteiger partial charge in [0.05, 0.1) is 13.2 Å². The molecule has 2 aliphatic heterocycles. The van der Waals surface area contributed by atoms with Crippen LogP contribution in [0.3, 0.4) is 0 Å². The number of hydrogen-bond acceptors (Lipinski definition) is 4. The smallest absolute Gasteiger partial charge is 0.239 e. The van der Waals surface area contributed by atoms with Crippen LogP contribution in [-0.2, 0) is 14.3 Å². The van der Waals surface area contributed by atoms with Gasteiger partial charge >= 0.3 is 0 Å². The molecule has 2 heterocycles. The van der Waals surface area contributed by atoms with Gasteiger partial charge in [0.1, 0.15) is 5.92 Å². The number of aryl methyl sites for hydroxylation is 1. The lowest BCUT2D eigenvalue weighted by Crippen LogP contribution is -2.43. The molecule has 25 heavy (non-hydrogen) atoms. The lowest BCUT2D eigenvalue weighted by atomic mass is 10.1. The predicted molar refractivity (Wildman–Crippen MR) is 96.9 cm³/mol. The summed E-state index contributed by atoms with van der Waals surface area (Å²) in [6, 6.07) is 5.55. The topological polar surface area (TPSA) is 61.9 Å². The maximum atomic E-state index is 12.6. The van der Waals surface area contributed by atoms with Crippen molar-refractivity contribution in [1.29, 1.82) is 0 Å². The highest BCUT2D eigenvalue weighted by Crippen LogP contribution is 2.28. The van der Waals surface area contributed by atoms with E-state index in [2.05, 4.69) is 10.2 Å². The number of carbonyl (C=O) groups is 2. The Balaban J connectivity index is 1.52. The molecule has 0 aliphatic carbocycles. The highest BCUT2D eigenvalue weighted by molar-refractivity contribution is 6.31. The Morgan fingerprint density at radius 2 is 2.08 bits per heavy atom. The summed E-state index contributed by atoms with van der Waals surface area (Å²) in [6.07, 6.45) is 0.535. The Labute approximate surface area is 153 Å². The van der Waals surface area contributed by atoms with Crippen LogP contribution in [0, 0.1) is 12.8 Å². The van der Waals surface area contributed by atoms with Crippen LogP contribution in [-0.4, -0.2) is 62.7 Å². The fourth-order valence-corrected chi connectivity index (χ4v) is 3.39. The monoisotopic (exact) mass is 365 g/mol. The molecule has 0 saturated carbocycles. The fraction of sp³-hybridized carbons (Fsp3) is 0.556. The first-order valence-corrected chi connectivity index (χ1v) is 9.09. The van der Waals surface area contributed by atoms with Crippen LogP contribution in [0.1, 0.15) is 12.0 Å². The van der Waals surface area contributed by atoms with Crippen molar-refractivity contribution < 1.29 is 14.3 Å². The zero-order valence-corrected chi connectivity index (χ0v) is 15.2. The number of nitrogens with zero attached hydrogens (tertiary/aromatic N) is 2. The first kappa shape index (κ1) is 18.2. The van der Waals surface area contributed by atoms with Crippen LogP contribution in [0.25, 0.3) is 0 Å². The summed E-state index contributed by atoms with van der Waals surface area (Å²) in [4.78, 5) is 28.9. The third kappa shape index (κ3) is 4.32. The molecule has 0 bridgehead atoms. The van der Waals surface area contributed by atoms with Gasteiger partial charge in [0.2, 0.25) is 11.8 Å². The van der Waals surface area contributed by atoms with Crippen molar-refractivity contribution in [2.24, 2.45) is 5.92 Å². The molecule has 1 N–H and O–H groups in total. The number of morpholine rings is 1. The van der Waals surface area contributed by atoms with E-state index < -0.39 is 5.92 Å². The summed E-state index contributed by atoms with van der Waals surface area (Å²) in [5, 5.41) is 3.53. The van der Waals surface area contributed by atoms with E-state index in [0.717, 1.165) is 44.1 Å². The van der Waals surface area contributed by atoms with Gasteiger partial charge in [0.15, 0.2) is 0 Å².